The molecule has 4 nitrogen and oxygen atoms in total. The van der Waals surface area contributed by atoms with Gasteiger partial charge in [-0.25, -0.2) is 0 Å². The Hall–Kier alpha value is -1.94. The second-order valence-corrected chi connectivity index (χ2v) is 3.79. The number of carbonyl (C=O) groups excluding carboxylic acids is 1. The predicted molar refractivity (Wildman–Crippen MR) is 69.7 cm³/mol. The number of nitrogens with zero attached hydrogens (tertiary/aromatic N) is 1. The Morgan fingerprint density at radius 2 is 1.94 bits per heavy atom. The van der Waals surface area contributed by atoms with E-state index in [1.807, 2.05) is 6.92 Å². The van der Waals surface area contributed by atoms with Crippen LogP contribution in [0.4, 0.5) is 0 Å². The molecule has 1 amide bonds. The van der Waals surface area contributed by atoms with Crippen molar-refractivity contribution >= 4 is 28.5 Å². The smallest absolute Gasteiger partial charge is 0.175 e. The molecule has 0 atom stereocenters. The zero-order valence-electron chi connectivity index (χ0n) is 9.20. The number of carbonyl (C=O) groups is 1. The summed E-state index contributed by atoms with van der Waals surface area (Å²) in [5.74, 6) is -0.783. The fraction of sp³-hybridized carbons (Fsp3) is 0.0833. The van der Waals surface area contributed by atoms with Crippen LogP contribution in [-0.4, -0.2) is 16.9 Å². The Bertz CT molecular complexity index is 477. The molecular formula is C12H11ClN3O-. The van der Waals surface area contributed by atoms with E-state index in [1.54, 1.807) is 24.3 Å². The molecule has 0 aliphatic heterocycles. The van der Waals surface area contributed by atoms with Gasteiger partial charge in [0.25, 0.3) is 0 Å². The van der Waals surface area contributed by atoms with Gasteiger partial charge < -0.3 is 10.7 Å². The van der Waals surface area contributed by atoms with Gasteiger partial charge in [0.1, 0.15) is 5.17 Å². The van der Waals surface area contributed by atoms with Crippen LogP contribution in [0.25, 0.3) is 5.41 Å². The second-order valence-electron chi connectivity index (χ2n) is 3.39. The monoisotopic (exact) mass is 248 g/mol. The van der Waals surface area contributed by atoms with E-state index in [-0.39, 0.29) is 11.0 Å². The molecule has 2 N–H and O–H groups in total. The van der Waals surface area contributed by atoms with Gasteiger partial charge in [-0.15, -0.1) is 0 Å². The molecule has 1 rings (SSSR count). The summed E-state index contributed by atoms with van der Waals surface area (Å²) in [5.41, 5.74) is 1.49. The van der Waals surface area contributed by atoms with Gasteiger partial charge in [0.15, 0.2) is 5.91 Å². The first kappa shape index (κ1) is 13.1. The van der Waals surface area contributed by atoms with Crippen molar-refractivity contribution in [2.75, 3.05) is 0 Å². The number of rotatable bonds is 3. The van der Waals surface area contributed by atoms with Gasteiger partial charge in [-0.3, -0.25) is 10.2 Å². The number of amides is 1. The Balaban J connectivity index is 2.63. The van der Waals surface area contributed by atoms with E-state index in [9.17, 15) is 10.2 Å². The van der Waals surface area contributed by atoms with Crippen molar-refractivity contribution in [1.29, 1.82) is 5.41 Å². The fourth-order valence-electron chi connectivity index (χ4n) is 1.09. The molecule has 88 valence electrons. The summed E-state index contributed by atoms with van der Waals surface area (Å²) in [6.45, 7) is 1.92. The van der Waals surface area contributed by atoms with E-state index in [4.69, 9.17) is 17.0 Å². The van der Waals surface area contributed by atoms with Gasteiger partial charge in [0.05, 0.1) is 0 Å². The SMILES string of the molecule is Cc1ccc(C(=O)NC(=[N-])/C=C\C(=N)Cl)cc1. The summed E-state index contributed by atoms with van der Waals surface area (Å²) in [6, 6.07) is 6.92. The van der Waals surface area contributed by atoms with Crippen LogP contribution >= 0.6 is 11.6 Å². The van der Waals surface area contributed by atoms with Crippen LogP contribution in [0, 0.1) is 12.3 Å². The first-order chi connectivity index (χ1) is 7.99. The van der Waals surface area contributed by atoms with Crippen molar-refractivity contribution in [3.8, 4) is 0 Å². The summed E-state index contributed by atoms with van der Waals surface area (Å²) in [4.78, 5) is 11.6. The lowest BCUT2D eigenvalue weighted by molar-refractivity contribution is 0.0977. The predicted octanol–water partition coefficient (Wildman–Crippen LogP) is 2.46. The lowest BCUT2D eigenvalue weighted by Crippen LogP contribution is -2.28. The van der Waals surface area contributed by atoms with Crippen LogP contribution < -0.4 is 5.32 Å². The molecule has 0 saturated heterocycles. The van der Waals surface area contributed by atoms with Crippen molar-refractivity contribution in [1.82, 2.24) is 5.32 Å². The number of halogens is 1. The highest BCUT2D eigenvalue weighted by Crippen LogP contribution is 2.02. The molecule has 0 aromatic heterocycles. The number of nitrogens with one attached hydrogen (secondary N) is 2. The van der Waals surface area contributed by atoms with Gasteiger partial charge in [-0.1, -0.05) is 53.3 Å². The molecule has 0 aliphatic carbocycles. The normalized spacial score (nSPS) is 10.2. The van der Waals surface area contributed by atoms with Gasteiger partial charge >= 0.3 is 0 Å². The third kappa shape index (κ3) is 4.61. The number of hydrogen-bond donors (Lipinski definition) is 2. The molecular weight excluding hydrogens is 238 g/mol. The average molecular weight is 249 g/mol. The van der Waals surface area contributed by atoms with Crippen molar-refractivity contribution in [2.45, 2.75) is 6.92 Å². The Labute approximate surface area is 104 Å². The number of amidine groups is 1. The van der Waals surface area contributed by atoms with Crippen molar-refractivity contribution in [2.24, 2.45) is 0 Å². The minimum Gasteiger partial charge on any atom is -0.465 e. The number of aryl methyl sites for hydroxylation is 1. The minimum atomic E-state index is -0.423. The molecule has 5 heteroatoms. The number of hydrogen-bond acceptors (Lipinski definition) is 2. The van der Waals surface area contributed by atoms with Gasteiger partial charge in [0.2, 0.25) is 0 Å². The maximum absolute atomic E-state index is 11.6. The third-order valence-corrected chi connectivity index (χ3v) is 2.07. The molecule has 17 heavy (non-hydrogen) atoms. The summed E-state index contributed by atoms with van der Waals surface area (Å²) in [6.07, 6.45) is 2.30. The topological polar surface area (TPSA) is 75.2 Å². The fourth-order valence-corrected chi connectivity index (χ4v) is 1.15. The molecule has 1 aromatic rings. The maximum Gasteiger partial charge on any atom is 0.175 e. The van der Waals surface area contributed by atoms with Crippen LogP contribution in [0.1, 0.15) is 15.9 Å². The van der Waals surface area contributed by atoms with Crippen molar-refractivity contribution in [3.63, 3.8) is 0 Å². The molecule has 1 aromatic carbocycles. The average Bonchev–Trinajstić information content (AvgIpc) is 2.27. The van der Waals surface area contributed by atoms with E-state index < -0.39 is 5.91 Å². The number of benzene rings is 1. The second kappa shape index (κ2) is 5.96. The van der Waals surface area contributed by atoms with E-state index in [2.05, 4.69) is 5.32 Å². The zero-order chi connectivity index (χ0) is 12.8. The Morgan fingerprint density at radius 1 is 1.35 bits per heavy atom. The Morgan fingerprint density at radius 3 is 2.47 bits per heavy atom. The zero-order valence-corrected chi connectivity index (χ0v) is 9.95. The van der Waals surface area contributed by atoms with E-state index in [0.29, 0.717) is 5.56 Å². The molecule has 0 bridgehead atoms. The van der Waals surface area contributed by atoms with Crippen molar-refractivity contribution in [3.05, 3.63) is 53.0 Å². The summed E-state index contributed by atoms with van der Waals surface area (Å²) < 4.78 is 0. The molecule has 0 spiro atoms. The summed E-state index contributed by atoms with van der Waals surface area (Å²) >= 11 is 5.25. The highest BCUT2D eigenvalue weighted by atomic mass is 35.5. The van der Waals surface area contributed by atoms with Crippen LogP contribution in [-0.2, 0) is 0 Å². The molecule has 0 aliphatic rings. The van der Waals surface area contributed by atoms with Crippen molar-refractivity contribution < 1.29 is 4.79 Å². The maximum atomic E-state index is 11.6. The largest absolute Gasteiger partial charge is 0.465 e. The van der Waals surface area contributed by atoms with E-state index in [1.165, 1.54) is 0 Å². The lowest BCUT2D eigenvalue weighted by Gasteiger charge is -2.11. The molecule has 0 saturated carbocycles. The van der Waals surface area contributed by atoms with Gasteiger partial charge in [-0.2, -0.15) is 0 Å². The molecule has 0 unspecified atom stereocenters. The van der Waals surface area contributed by atoms with Gasteiger partial charge in [-0.05, 0) is 13.0 Å². The van der Waals surface area contributed by atoms with Crippen LogP contribution in [0.5, 0.6) is 0 Å². The Kier molecular flexibility index (Phi) is 4.60. The molecule has 0 radical (unpaired) electrons. The first-order valence-electron chi connectivity index (χ1n) is 4.85. The molecule has 0 heterocycles. The number of allylic oxidation sites excluding steroid dienone is 1. The highest BCUT2D eigenvalue weighted by molar-refractivity contribution is 6.67. The highest BCUT2D eigenvalue weighted by Gasteiger charge is 1.99. The first-order valence-corrected chi connectivity index (χ1v) is 5.23. The van der Waals surface area contributed by atoms with Crippen LogP contribution in [0.15, 0.2) is 36.4 Å². The summed E-state index contributed by atoms with van der Waals surface area (Å²) in [7, 11) is 0. The summed E-state index contributed by atoms with van der Waals surface area (Å²) in [5, 5.41) is 18.3. The van der Waals surface area contributed by atoms with Crippen LogP contribution in [0.2, 0.25) is 0 Å². The minimum absolute atomic E-state index is 0.235. The van der Waals surface area contributed by atoms with Gasteiger partial charge in [0, 0.05) is 5.56 Å². The third-order valence-electron chi connectivity index (χ3n) is 1.94. The lowest BCUT2D eigenvalue weighted by atomic mass is 10.1. The van der Waals surface area contributed by atoms with Crippen LogP contribution in [0.3, 0.4) is 0 Å². The molecule has 0 fully saturated rings. The quantitative estimate of drug-likeness (QED) is 0.626. The standard InChI is InChI=1S/C12H11ClN3O/c1-8-2-4-9(5-3-8)12(17)16-11(15)7-6-10(13)14/h2-7,14H,1H3,(H-,15,16,17)/q-1/b7-6-,14-10?. The van der Waals surface area contributed by atoms with E-state index in [0.717, 1.165) is 17.7 Å². The van der Waals surface area contributed by atoms with E-state index >= 15 is 0 Å².